The van der Waals surface area contributed by atoms with E-state index in [-0.39, 0.29) is 5.41 Å². The summed E-state index contributed by atoms with van der Waals surface area (Å²) in [6, 6.07) is 74.6. The number of hydrogen-bond acceptors (Lipinski definition) is 1. The first-order valence-corrected chi connectivity index (χ1v) is 19.8. The van der Waals surface area contributed by atoms with E-state index in [1.54, 1.807) is 0 Å². The molecule has 0 radical (unpaired) electrons. The standard InChI is InChI=1S/C55H42N2/c1-55(2)50-26-16-15-25-47(50)48-36-34-46(38-51(48)55)56(43-21-11-5-12-22-43)45-32-29-39(30-33-45)27-28-40-31-35-49-52(37-40)57(44-23-13-6-14-24-44)54(42-19-9-4-10-20-42)53(49)41-17-7-3-8-18-41/h3-38H,1-2H3/b28-27+. The van der Waals surface area contributed by atoms with Gasteiger partial charge in [0.05, 0.1) is 11.2 Å². The van der Waals surface area contributed by atoms with Gasteiger partial charge in [-0.25, -0.2) is 0 Å². The Morgan fingerprint density at radius 3 is 1.70 bits per heavy atom. The Bertz CT molecular complexity index is 2890. The Kier molecular flexibility index (Phi) is 8.53. The molecule has 0 unspecified atom stereocenters. The molecule has 0 spiro atoms. The van der Waals surface area contributed by atoms with Gasteiger partial charge in [0.15, 0.2) is 0 Å². The van der Waals surface area contributed by atoms with E-state index in [9.17, 15) is 0 Å². The molecule has 2 heteroatoms. The molecule has 9 aromatic rings. The van der Waals surface area contributed by atoms with Gasteiger partial charge in [-0.1, -0.05) is 178 Å². The monoisotopic (exact) mass is 730 g/mol. The van der Waals surface area contributed by atoms with E-state index in [0.29, 0.717) is 0 Å². The third kappa shape index (κ3) is 6.07. The van der Waals surface area contributed by atoms with Crippen LogP contribution >= 0.6 is 0 Å². The van der Waals surface area contributed by atoms with Crippen molar-refractivity contribution in [3.63, 3.8) is 0 Å². The maximum absolute atomic E-state index is 2.43. The number of aromatic nitrogens is 1. The summed E-state index contributed by atoms with van der Waals surface area (Å²) in [6.45, 7) is 4.69. The SMILES string of the molecule is CC1(C)c2ccccc2-c2ccc(N(c3ccccc3)c3ccc(/C=C/c4ccc5c(-c6ccccc6)c(-c6ccccc6)n(-c6ccccc6)c5c4)cc3)cc21. The number of hydrogen-bond donors (Lipinski definition) is 0. The van der Waals surface area contributed by atoms with E-state index in [1.807, 2.05) is 0 Å². The molecule has 8 aromatic carbocycles. The van der Waals surface area contributed by atoms with Crippen LogP contribution in [0.2, 0.25) is 0 Å². The minimum Gasteiger partial charge on any atom is -0.310 e. The third-order valence-electron chi connectivity index (χ3n) is 11.6. The van der Waals surface area contributed by atoms with Gasteiger partial charge in [0, 0.05) is 39.1 Å². The van der Waals surface area contributed by atoms with Crippen molar-refractivity contribution in [2.24, 2.45) is 0 Å². The normalized spacial score (nSPS) is 12.8. The zero-order chi connectivity index (χ0) is 38.3. The molecular formula is C55H42N2. The topological polar surface area (TPSA) is 8.17 Å². The van der Waals surface area contributed by atoms with E-state index < -0.39 is 0 Å². The minimum absolute atomic E-state index is 0.0725. The highest BCUT2D eigenvalue weighted by atomic mass is 15.1. The van der Waals surface area contributed by atoms with Gasteiger partial charge in [-0.15, -0.1) is 0 Å². The highest BCUT2D eigenvalue weighted by molar-refractivity contribution is 6.06. The molecule has 1 aromatic heterocycles. The Labute approximate surface area is 335 Å². The number of nitrogens with zero attached hydrogens (tertiary/aromatic N) is 2. The Balaban J connectivity index is 1.03. The average molecular weight is 731 g/mol. The van der Waals surface area contributed by atoms with Crippen molar-refractivity contribution in [2.75, 3.05) is 4.90 Å². The van der Waals surface area contributed by atoms with Crippen molar-refractivity contribution in [3.05, 3.63) is 229 Å². The largest absolute Gasteiger partial charge is 0.310 e. The molecule has 0 saturated heterocycles. The number of para-hydroxylation sites is 2. The lowest BCUT2D eigenvalue weighted by molar-refractivity contribution is 0.660. The van der Waals surface area contributed by atoms with E-state index in [4.69, 9.17) is 0 Å². The molecule has 10 rings (SSSR count). The molecule has 1 heterocycles. The lowest BCUT2D eigenvalue weighted by Gasteiger charge is -2.28. The molecule has 0 fully saturated rings. The second-order valence-corrected chi connectivity index (χ2v) is 15.4. The predicted molar refractivity (Wildman–Crippen MR) is 242 cm³/mol. The molecule has 0 saturated carbocycles. The predicted octanol–water partition coefficient (Wildman–Crippen LogP) is 14.9. The van der Waals surface area contributed by atoms with E-state index in [0.717, 1.165) is 33.9 Å². The minimum atomic E-state index is -0.0725. The molecule has 0 amide bonds. The van der Waals surface area contributed by atoms with Crippen molar-refractivity contribution in [3.8, 4) is 39.2 Å². The van der Waals surface area contributed by atoms with E-state index >= 15 is 0 Å². The molecule has 1 aliphatic rings. The maximum Gasteiger partial charge on any atom is 0.0619 e. The van der Waals surface area contributed by atoms with Crippen molar-refractivity contribution in [2.45, 2.75) is 19.3 Å². The van der Waals surface area contributed by atoms with Gasteiger partial charge in [0.25, 0.3) is 0 Å². The fourth-order valence-corrected chi connectivity index (χ4v) is 8.80. The van der Waals surface area contributed by atoms with Crippen LogP contribution in [0.4, 0.5) is 17.1 Å². The summed E-state index contributed by atoms with van der Waals surface area (Å²) < 4.78 is 2.43. The Hall–Kier alpha value is -7.16. The molecule has 0 N–H and O–H groups in total. The second kappa shape index (κ2) is 14.2. The summed E-state index contributed by atoms with van der Waals surface area (Å²) in [5.74, 6) is 0. The number of rotatable bonds is 8. The van der Waals surface area contributed by atoms with Crippen LogP contribution in [0.5, 0.6) is 0 Å². The summed E-state index contributed by atoms with van der Waals surface area (Å²) in [7, 11) is 0. The molecule has 0 atom stereocenters. The van der Waals surface area contributed by atoms with Gasteiger partial charge < -0.3 is 9.47 Å². The van der Waals surface area contributed by atoms with Gasteiger partial charge in [0.1, 0.15) is 0 Å². The Morgan fingerprint density at radius 1 is 0.439 bits per heavy atom. The molecule has 2 nitrogen and oxygen atoms in total. The summed E-state index contributed by atoms with van der Waals surface area (Å²) in [4.78, 5) is 2.37. The van der Waals surface area contributed by atoms with Crippen LogP contribution in [0.3, 0.4) is 0 Å². The summed E-state index contributed by atoms with van der Waals surface area (Å²) in [6.07, 6.45) is 4.45. The van der Waals surface area contributed by atoms with E-state index in [1.165, 1.54) is 55.5 Å². The van der Waals surface area contributed by atoms with Crippen LogP contribution in [-0.4, -0.2) is 4.57 Å². The maximum atomic E-state index is 2.43. The number of benzene rings is 8. The molecule has 0 aliphatic heterocycles. The molecule has 1 aliphatic carbocycles. The van der Waals surface area contributed by atoms with Crippen LogP contribution < -0.4 is 4.90 Å². The third-order valence-corrected chi connectivity index (χ3v) is 11.6. The molecular weight excluding hydrogens is 689 g/mol. The van der Waals surface area contributed by atoms with Crippen molar-refractivity contribution >= 4 is 40.1 Å². The van der Waals surface area contributed by atoms with Gasteiger partial charge >= 0.3 is 0 Å². The van der Waals surface area contributed by atoms with Gasteiger partial charge in [0.2, 0.25) is 0 Å². The summed E-state index contributed by atoms with van der Waals surface area (Å²) >= 11 is 0. The summed E-state index contributed by atoms with van der Waals surface area (Å²) in [5.41, 5.74) is 18.2. The Morgan fingerprint density at radius 2 is 0.982 bits per heavy atom. The molecule has 272 valence electrons. The first kappa shape index (κ1) is 34.3. The van der Waals surface area contributed by atoms with Crippen LogP contribution in [0.1, 0.15) is 36.1 Å². The molecule has 0 bridgehead atoms. The van der Waals surface area contributed by atoms with Crippen LogP contribution in [0.15, 0.2) is 206 Å². The van der Waals surface area contributed by atoms with Crippen LogP contribution in [0, 0.1) is 0 Å². The zero-order valence-electron chi connectivity index (χ0n) is 32.2. The fourth-order valence-electron chi connectivity index (χ4n) is 8.80. The lowest BCUT2D eigenvalue weighted by Crippen LogP contribution is -2.16. The quantitative estimate of drug-likeness (QED) is 0.141. The van der Waals surface area contributed by atoms with E-state index in [2.05, 4.69) is 242 Å². The average Bonchev–Trinajstić information content (AvgIpc) is 3.73. The first-order valence-electron chi connectivity index (χ1n) is 19.8. The van der Waals surface area contributed by atoms with Gasteiger partial charge in [-0.05, 0) is 99.1 Å². The first-order chi connectivity index (χ1) is 28.0. The van der Waals surface area contributed by atoms with Crippen molar-refractivity contribution in [1.29, 1.82) is 0 Å². The highest BCUT2D eigenvalue weighted by Crippen LogP contribution is 2.50. The van der Waals surface area contributed by atoms with Gasteiger partial charge in [-0.2, -0.15) is 0 Å². The summed E-state index contributed by atoms with van der Waals surface area (Å²) in [5, 5.41) is 1.23. The number of anilines is 3. The van der Waals surface area contributed by atoms with Crippen LogP contribution in [-0.2, 0) is 5.41 Å². The van der Waals surface area contributed by atoms with Crippen molar-refractivity contribution < 1.29 is 0 Å². The lowest BCUT2D eigenvalue weighted by atomic mass is 9.82. The fraction of sp³-hybridized carbons (Fsp3) is 0.0545. The highest BCUT2D eigenvalue weighted by Gasteiger charge is 2.35. The molecule has 57 heavy (non-hydrogen) atoms. The second-order valence-electron chi connectivity index (χ2n) is 15.4. The van der Waals surface area contributed by atoms with Crippen LogP contribution in [0.25, 0.3) is 62.3 Å². The van der Waals surface area contributed by atoms with Gasteiger partial charge in [-0.3, -0.25) is 0 Å². The number of fused-ring (bicyclic) bond motifs is 4. The smallest absolute Gasteiger partial charge is 0.0619 e. The zero-order valence-corrected chi connectivity index (χ0v) is 32.2. The van der Waals surface area contributed by atoms with Crippen molar-refractivity contribution in [1.82, 2.24) is 4.57 Å².